The van der Waals surface area contributed by atoms with Gasteiger partial charge in [0.1, 0.15) is 5.82 Å². The minimum absolute atomic E-state index is 0.205. The molecule has 0 nitrogen and oxygen atoms in total. The fraction of sp³-hybridized carbons (Fsp3) is 0.455. The Balaban J connectivity index is 0.000000671. The Kier molecular flexibility index (Phi) is 5.72. The van der Waals surface area contributed by atoms with Gasteiger partial charge in [-0.3, -0.25) is 0 Å². The minimum atomic E-state index is -0.351. The Labute approximate surface area is 84.7 Å². The van der Waals surface area contributed by atoms with Gasteiger partial charge in [-0.25, -0.2) is 4.39 Å². The molecule has 0 saturated carbocycles. The summed E-state index contributed by atoms with van der Waals surface area (Å²) in [6, 6.07) is 4.82. The van der Waals surface area contributed by atoms with E-state index in [2.05, 4.69) is 0 Å². The second-order valence-corrected chi connectivity index (χ2v) is 3.24. The first-order chi connectivity index (χ1) is 6.11. The fourth-order valence-electron chi connectivity index (χ4n) is 0.871. The molecule has 0 N–H and O–H groups in total. The van der Waals surface area contributed by atoms with E-state index in [0.29, 0.717) is 5.92 Å². The lowest BCUT2D eigenvalue weighted by Gasteiger charge is -2.04. The Bertz CT molecular complexity index is 256. The van der Waals surface area contributed by atoms with Gasteiger partial charge in [-0.15, -0.1) is 0 Å². The van der Waals surface area contributed by atoms with E-state index in [4.69, 9.17) is 11.6 Å². The van der Waals surface area contributed by atoms with Crippen molar-refractivity contribution in [2.75, 3.05) is 0 Å². The molecule has 74 valence electrons. The average Bonchev–Trinajstić information content (AvgIpc) is 2.13. The Morgan fingerprint density at radius 2 is 1.77 bits per heavy atom. The summed E-state index contributed by atoms with van der Waals surface area (Å²) in [5.41, 5.74) is 1.07. The van der Waals surface area contributed by atoms with Gasteiger partial charge in [0.15, 0.2) is 0 Å². The molecule has 0 radical (unpaired) electrons. The zero-order valence-electron chi connectivity index (χ0n) is 8.57. The van der Waals surface area contributed by atoms with Crippen molar-refractivity contribution in [2.24, 2.45) is 0 Å². The second kappa shape index (κ2) is 5.98. The normalized spacial score (nSPS) is 9.46. The molecule has 1 aromatic carbocycles. The van der Waals surface area contributed by atoms with Gasteiger partial charge < -0.3 is 0 Å². The van der Waals surface area contributed by atoms with Gasteiger partial charge in [0.25, 0.3) is 0 Å². The van der Waals surface area contributed by atoms with Crippen molar-refractivity contribution in [3.63, 3.8) is 0 Å². The van der Waals surface area contributed by atoms with Gasteiger partial charge in [-0.2, -0.15) is 0 Å². The van der Waals surface area contributed by atoms with Crippen LogP contribution in [0.4, 0.5) is 4.39 Å². The van der Waals surface area contributed by atoms with Crippen LogP contribution in [0.5, 0.6) is 0 Å². The summed E-state index contributed by atoms with van der Waals surface area (Å²) in [5.74, 6) is 0.0455. The van der Waals surface area contributed by atoms with E-state index in [0.717, 1.165) is 5.56 Å². The molecule has 0 atom stereocenters. The number of halogens is 2. The highest BCUT2D eigenvalue weighted by atomic mass is 35.5. The molecule has 0 aromatic heterocycles. The van der Waals surface area contributed by atoms with Crippen LogP contribution in [0.2, 0.25) is 5.02 Å². The standard InChI is InChI=1S/C9H10ClF.C2H6/c1-6(2)7-3-4-9(11)8(10)5-7;1-2/h3-6H,1-2H3;1-2H3. The van der Waals surface area contributed by atoms with Crippen LogP contribution >= 0.6 is 11.6 Å². The van der Waals surface area contributed by atoms with Crippen LogP contribution in [0.15, 0.2) is 18.2 Å². The van der Waals surface area contributed by atoms with Gasteiger partial charge in [0, 0.05) is 0 Å². The summed E-state index contributed by atoms with van der Waals surface area (Å²) in [7, 11) is 0. The van der Waals surface area contributed by atoms with Gasteiger partial charge in [0.2, 0.25) is 0 Å². The molecular formula is C11H16ClF. The van der Waals surface area contributed by atoms with Crippen molar-refractivity contribution >= 4 is 11.6 Å². The number of hydrogen-bond donors (Lipinski definition) is 0. The Morgan fingerprint density at radius 1 is 1.23 bits per heavy atom. The third-order valence-electron chi connectivity index (χ3n) is 1.61. The molecule has 0 saturated heterocycles. The lowest BCUT2D eigenvalue weighted by atomic mass is 10.0. The summed E-state index contributed by atoms with van der Waals surface area (Å²) < 4.78 is 12.6. The molecule has 1 rings (SSSR count). The van der Waals surface area contributed by atoms with Gasteiger partial charge in [0.05, 0.1) is 5.02 Å². The van der Waals surface area contributed by atoms with Crippen molar-refractivity contribution in [2.45, 2.75) is 33.6 Å². The van der Waals surface area contributed by atoms with Gasteiger partial charge in [-0.1, -0.05) is 45.4 Å². The molecule has 0 aliphatic heterocycles. The van der Waals surface area contributed by atoms with Crippen LogP contribution < -0.4 is 0 Å². The van der Waals surface area contributed by atoms with Crippen LogP contribution in [-0.2, 0) is 0 Å². The highest BCUT2D eigenvalue weighted by Gasteiger charge is 2.02. The molecule has 0 amide bonds. The molecular weight excluding hydrogens is 187 g/mol. The Morgan fingerprint density at radius 3 is 2.15 bits per heavy atom. The summed E-state index contributed by atoms with van der Waals surface area (Å²) >= 11 is 5.58. The largest absolute Gasteiger partial charge is 0.205 e. The van der Waals surface area contributed by atoms with Crippen LogP contribution in [-0.4, -0.2) is 0 Å². The zero-order valence-corrected chi connectivity index (χ0v) is 9.32. The van der Waals surface area contributed by atoms with E-state index in [1.165, 1.54) is 6.07 Å². The first-order valence-corrected chi connectivity index (χ1v) is 4.94. The van der Waals surface area contributed by atoms with E-state index < -0.39 is 0 Å². The van der Waals surface area contributed by atoms with Crippen molar-refractivity contribution < 1.29 is 4.39 Å². The zero-order chi connectivity index (χ0) is 10.4. The first-order valence-electron chi connectivity index (χ1n) is 4.56. The van der Waals surface area contributed by atoms with Crippen molar-refractivity contribution in [1.29, 1.82) is 0 Å². The van der Waals surface area contributed by atoms with Crippen molar-refractivity contribution in [1.82, 2.24) is 0 Å². The molecule has 1 aromatic rings. The molecule has 0 heterocycles. The highest BCUT2D eigenvalue weighted by Crippen LogP contribution is 2.21. The quantitative estimate of drug-likeness (QED) is 0.623. The second-order valence-electron chi connectivity index (χ2n) is 2.83. The summed E-state index contributed by atoms with van der Waals surface area (Å²) in [4.78, 5) is 0. The number of benzene rings is 1. The first kappa shape index (κ1) is 12.4. The van der Waals surface area contributed by atoms with Gasteiger partial charge >= 0.3 is 0 Å². The third kappa shape index (κ3) is 3.77. The fourth-order valence-corrected chi connectivity index (χ4v) is 1.06. The SMILES string of the molecule is CC.CC(C)c1ccc(F)c(Cl)c1. The van der Waals surface area contributed by atoms with Crippen molar-refractivity contribution in [3.05, 3.63) is 34.6 Å². The lowest BCUT2D eigenvalue weighted by molar-refractivity contribution is 0.626. The summed E-state index contributed by atoms with van der Waals surface area (Å²) in [6.45, 7) is 8.09. The molecule has 0 bridgehead atoms. The third-order valence-corrected chi connectivity index (χ3v) is 1.90. The maximum Gasteiger partial charge on any atom is 0.141 e. The van der Waals surface area contributed by atoms with Crippen LogP contribution in [0.1, 0.15) is 39.2 Å². The van der Waals surface area contributed by atoms with Crippen LogP contribution in [0, 0.1) is 5.82 Å². The molecule has 0 unspecified atom stereocenters. The Hall–Kier alpha value is -0.560. The predicted octanol–water partition coefficient (Wildman–Crippen LogP) is 4.63. The predicted molar refractivity (Wildman–Crippen MR) is 56.8 cm³/mol. The van der Waals surface area contributed by atoms with E-state index in [1.807, 2.05) is 27.7 Å². The highest BCUT2D eigenvalue weighted by molar-refractivity contribution is 6.30. The summed E-state index contributed by atoms with van der Waals surface area (Å²) in [5, 5.41) is 0.205. The topological polar surface area (TPSA) is 0 Å². The molecule has 0 aliphatic rings. The number of hydrogen-bond acceptors (Lipinski definition) is 0. The molecule has 2 heteroatoms. The smallest absolute Gasteiger partial charge is 0.141 e. The molecule has 0 fully saturated rings. The van der Waals surface area contributed by atoms with E-state index in [9.17, 15) is 4.39 Å². The van der Waals surface area contributed by atoms with Crippen LogP contribution in [0.25, 0.3) is 0 Å². The molecule has 0 aliphatic carbocycles. The average molecular weight is 203 g/mol. The van der Waals surface area contributed by atoms with Crippen LogP contribution in [0.3, 0.4) is 0 Å². The van der Waals surface area contributed by atoms with E-state index in [-0.39, 0.29) is 10.8 Å². The molecule has 13 heavy (non-hydrogen) atoms. The minimum Gasteiger partial charge on any atom is -0.205 e. The monoisotopic (exact) mass is 202 g/mol. The molecule has 0 spiro atoms. The number of rotatable bonds is 1. The van der Waals surface area contributed by atoms with E-state index >= 15 is 0 Å². The maximum absolute atomic E-state index is 12.6. The van der Waals surface area contributed by atoms with E-state index in [1.54, 1.807) is 12.1 Å². The van der Waals surface area contributed by atoms with Gasteiger partial charge in [-0.05, 0) is 23.6 Å². The maximum atomic E-state index is 12.6. The lowest BCUT2D eigenvalue weighted by Crippen LogP contribution is -1.87. The summed E-state index contributed by atoms with van der Waals surface area (Å²) in [6.07, 6.45) is 0. The van der Waals surface area contributed by atoms with Crippen molar-refractivity contribution in [3.8, 4) is 0 Å².